The van der Waals surface area contributed by atoms with E-state index >= 15 is 0 Å². The van der Waals surface area contributed by atoms with Crippen LogP contribution < -0.4 is 10.6 Å². The Bertz CT molecular complexity index is 341. The zero-order valence-corrected chi connectivity index (χ0v) is 9.64. The maximum absolute atomic E-state index is 11.5. The van der Waals surface area contributed by atoms with Gasteiger partial charge in [-0.2, -0.15) is 0 Å². The van der Waals surface area contributed by atoms with E-state index in [4.69, 9.17) is 11.6 Å². The summed E-state index contributed by atoms with van der Waals surface area (Å²) in [6, 6.07) is 7.08. The maximum Gasteiger partial charge on any atom is 0.319 e. The van der Waals surface area contributed by atoms with Crippen molar-refractivity contribution in [2.45, 2.75) is 26.3 Å². The van der Waals surface area contributed by atoms with Gasteiger partial charge in [-0.25, -0.2) is 4.79 Å². The number of anilines is 1. The summed E-state index contributed by atoms with van der Waals surface area (Å²) in [6.07, 6.45) is 0.899. The number of hydrogen-bond acceptors (Lipinski definition) is 1. The summed E-state index contributed by atoms with van der Waals surface area (Å²) in [4.78, 5) is 11.5. The van der Waals surface area contributed by atoms with E-state index < -0.39 is 0 Å². The second-order valence-electron chi connectivity index (χ2n) is 3.39. The van der Waals surface area contributed by atoms with Crippen LogP contribution in [0.25, 0.3) is 0 Å². The lowest BCUT2D eigenvalue weighted by Crippen LogP contribution is -2.35. The number of rotatable bonds is 3. The van der Waals surface area contributed by atoms with Gasteiger partial charge in [0.15, 0.2) is 0 Å². The summed E-state index contributed by atoms with van der Waals surface area (Å²) in [5.74, 6) is 0. The van der Waals surface area contributed by atoms with E-state index in [1.165, 1.54) is 0 Å². The van der Waals surface area contributed by atoms with Crippen molar-refractivity contribution in [2.24, 2.45) is 0 Å². The van der Waals surface area contributed by atoms with Crippen LogP contribution in [0.2, 0.25) is 5.02 Å². The van der Waals surface area contributed by atoms with Crippen LogP contribution >= 0.6 is 11.6 Å². The Morgan fingerprint density at radius 2 is 2.13 bits per heavy atom. The smallest absolute Gasteiger partial charge is 0.319 e. The topological polar surface area (TPSA) is 41.1 Å². The molecule has 0 saturated carbocycles. The lowest BCUT2D eigenvalue weighted by Gasteiger charge is -2.13. The number of halogens is 1. The van der Waals surface area contributed by atoms with Gasteiger partial charge < -0.3 is 10.6 Å². The maximum atomic E-state index is 11.5. The highest BCUT2D eigenvalue weighted by Crippen LogP contribution is 2.20. The Hall–Kier alpha value is -1.22. The van der Waals surface area contributed by atoms with E-state index in [9.17, 15) is 4.79 Å². The van der Waals surface area contributed by atoms with E-state index in [2.05, 4.69) is 10.6 Å². The van der Waals surface area contributed by atoms with Gasteiger partial charge in [0.1, 0.15) is 0 Å². The number of amides is 2. The van der Waals surface area contributed by atoms with Gasteiger partial charge in [0.25, 0.3) is 0 Å². The first kappa shape index (κ1) is 11.9. The van der Waals surface area contributed by atoms with E-state index in [0.29, 0.717) is 10.7 Å². The van der Waals surface area contributed by atoms with Crippen molar-refractivity contribution in [3.63, 3.8) is 0 Å². The van der Waals surface area contributed by atoms with Gasteiger partial charge in [0.05, 0.1) is 10.7 Å². The van der Waals surface area contributed by atoms with E-state index in [0.717, 1.165) is 6.42 Å². The summed E-state index contributed by atoms with van der Waals surface area (Å²) < 4.78 is 0. The largest absolute Gasteiger partial charge is 0.335 e. The van der Waals surface area contributed by atoms with Crippen molar-refractivity contribution in [3.8, 4) is 0 Å². The number of benzene rings is 1. The highest BCUT2D eigenvalue weighted by Gasteiger charge is 2.06. The average Bonchev–Trinajstić information content (AvgIpc) is 2.21. The normalized spacial score (nSPS) is 11.9. The third-order valence-electron chi connectivity index (χ3n) is 2.11. The zero-order chi connectivity index (χ0) is 11.3. The molecule has 0 aliphatic rings. The Labute approximate surface area is 94.8 Å². The van der Waals surface area contributed by atoms with Crippen molar-refractivity contribution in [3.05, 3.63) is 29.3 Å². The summed E-state index contributed by atoms with van der Waals surface area (Å²) in [7, 11) is 0. The molecule has 0 fully saturated rings. The molecule has 0 heterocycles. The lowest BCUT2D eigenvalue weighted by molar-refractivity contribution is 0.249. The monoisotopic (exact) mass is 226 g/mol. The van der Waals surface area contributed by atoms with E-state index in [1.807, 2.05) is 26.0 Å². The van der Waals surface area contributed by atoms with Crippen LogP contribution in [0.4, 0.5) is 10.5 Å². The first-order valence-corrected chi connectivity index (χ1v) is 5.33. The summed E-state index contributed by atoms with van der Waals surface area (Å²) in [6.45, 7) is 3.96. The molecule has 0 radical (unpaired) electrons. The first-order chi connectivity index (χ1) is 7.13. The Balaban J connectivity index is 2.55. The number of para-hydroxylation sites is 1. The molecule has 3 nitrogen and oxygen atoms in total. The predicted molar refractivity (Wildman–Crippen MR) is 63.4 cm³/mol. The van der Waals surface area contributed by atoms with Crippen LogP contribution in [0.15, 0.2) is 24.3 Å². The Morgan fingerprint density at radius 1 is 1.47 bits per heavy atom. The Morgan fingerprint density at radius 3 is 2.73 bits per heavy atom. The van der Waals surface area contributed by atoms with Crippen molar-refractivity contribution in [2.75, 3.05) is 5.32 Å². The van der Waals surface area contributed by atoms with Crippen molar-refractivity contribution >= 4 is 23.3 Å². The first-order valence-electron chi connectivity index (χ1n) is 4.95. The number of carbonyl (C=O) groups excluding carboxylic acids is 1. The fourth-order valence-corrected chi connectivity index (χ4v) is 1.23. The molecule has 0 aromatic heterocycles. The third kappa shape index (κ3) is 3.80. The second-order valence-corrected chi connectivity index (χ2v) is 3.79. The molecule has 0 saturated heterocycles. The van der Waals surface area contributed by atoms with Crippen LogP contribution in [0.1, 0.15) is 20.3 Å². The highest BCUT2D eigenvalue weighted by atomic mass is 35.5. The highest BCUT2D eigenvalue weighted by molar-refractivity contribution is 6.33. The molecule has 0 aliphatic carbocycles. The van der Waals surface area contributed by atoms with Crippen molar-refractivity contribution < 1.29 is 4.79 Å². The van der Waals surface area contributed by atoms with E-state index in [-0.39, 0.29) is 12.1 Å². The zero-order valence-electron chi connectivity index (χ0n) is 8.88. The Kier molecular flexibility index (Phi) is 4.43. The molecule has 0 spiro atoms. The van der Waals surface area contributed by atoms with Gasteiger partial charge in [0.2, 0.25) is 0 Å². The average molecular weight is 227 g/mol. The molecular formula is C11H15ClN2O. The third-order valence-corrected chi connectivity index (χ3v) is 2.44. The molecule has 1 aromatic carbocycles. The van der Waals surface area contributed by atoms with Crippen molar-refractivity contribution in [1.29, 1.82) is 0 Å². The number of carbonyl (C=O) groups is 1. The summed E-state index contributed by atoms with van der Waals surface area (Å²) in [5.41, 5.74) is 0.625. The van der Waals surface area contributed by atoms with Gasteiger partial charge in [-0.05, 0) is 25.5 Å². The van der Waals surface area contributed by atoms with Crippen LogP contribution in [0, 0.1) is 0 Å². The molecule has 0 bridgehead atoms. The molecule has 1 unspecified atom stereocenters. The van der Waals surface area contributed by atoms with Crippen molar-refractivity contribution in [1.82, 2.24) is 5.32 Å². The van der Waals surface area contributed by atoms with Crippen LogP contribution in [-0.2, 0) is 0 Å². The van der Waals surface area contributed by atoms with Crippen LogP contribution in [-0.4, -0.2) is 12.1 Å². The molecule has 0 aliphatic heterocycles. The molecule has 1 aromatic rings. The summed E-state index contributed by atoms with van der Waals surface area (Å²) >= 11 is 5.90. The quantitative estimate of drug-likeness (QED) is 0.816. The molecule has 2 N–H and O–H groups in total. The minimum absolute atomic E-state index is 0.160. The van der Waals surface area contributed by atoms with Gasteiger partial charge in [-0.1, -0.05) is 30.7 Å². The van der Waals surface area contributed by atoms with Gasteiger partial charge in [-0.3, -0.25) is 0 Å². The van der Waals surface area contributed by atoms with Gasteiger partial charge in [-0.15, -0.1) is 0 Å². The SMILES string of the molecule is CCC(C)NC(=O)Nc1ccccc1Cl. The number of nitrogens with one attached hydrogen (secondary N) is 2. The summed E-state index contributed by atoms with van der Waals surface area (Å²) in [5, 5.41) is 6.03. The number of urea groups is 1. The lowest BCUT2D eigenvalue weighted by atomic mass is 10.3. The van der Waals surface area contributed by atoms with Crippen LogP contribution in [0.3, 0.4) is 0 Å². The molecule has 2 amide bonds. The second kappa shape index (κ2) is 5.61. The van der Waals surface area contributed by atoms with Gasteiger partial charge >= 0.3 is 6.03 Å². The minimum Gasteiger partial charge on any atom is -0.335 e. The van der Waals surface area contributed by atoms with E-state index in [1.54, 1.807) is 12.1 Å². The fraction of sp³-hybridized carbons (Fsp3) is 0.364. The molecule has 4 heteroatoms. The van der Waals surface area contributed by atoms with Crippen LogP contribution in [0.5, 0.6) is 0 Å². The molecule has 15 heavy (non-hydrogen) atoms. The molecule has 1 atom stereocenters. The van der Waals surface area contributed by atoms with Gasteiger partial charge in [0, 0.05) is 6.04 Å². The predicted octanol–water partition coefficient (Wildman–Crippen LogP) is 3.26. The molecular weight excluding hydrogens is 212 g/mol. The molecule has 1 rings (SSSR count). The number of hydrogen-bond donors (Lipinski definition) is 2. The minimum atomic E-state index is -0.225. The fourth-order valence-electron chi connectivity index (χ4n) is 1.05. The molecule has 82 valence electrons. The standard InChI is InChI=1S/C11H15ClN2O/c1-3-8(2)13-11(15)14-10-7-5-4-6-9(10)12/h4-8H,3H2,1-2H3,(H2,13,14,15).